The summed E-state index contributed by atoms with van der Waals surface area (Å²) in [6, 6.07) is 88.2. The van der Waals surface area contributed by atoms with Gasteiger partial charge in [0.25, 0.3) is 0 Å². The highest BCUT2D eigenvalue weighted by Crippen LogP contribution is 2.51. The summed E-state index contributed by atoms with van der Waals surface area (Å²) in [6.45, 7) is 41.3. The Morgan fingerprint density at radius 2 is 0.625 bits per heavy atom. The maximum atomic E-state index is 2.53. The molecule has 0 atom stereocenters. The van der Waals surface area contributed by atoms with Crippen LogP contribution in [0.25, 0.3) is 123 Å². The fourth-order valence-corrected chi connectivity index (χ4v) is 22.2. The lowest BCUT2D eigenvalue weighted by atomic mass is 9.81. The van der Waals surface area contributed by atoms with Crippen LogP contribution in [0.2, 0.25) is 0 Å². The topological polar surface area (TPSA) is 15.5 Å². The standard InChI is InChI=1S/3C32H34N.C28H32N/c1-21-11-10-14-25-26-16-15-22(2)31(28(26)18-27(21)25)30-17-24(19-32(3,4)5)29(20-33(30)6)23-12-8-7-9-13-23;1-21-12-14-26-24(16-21)17-28-27(26)15-13-22(2)31(28)30-18-25(19-32(3,4)5)29(20-33(30)6)23-10-8-7-9-11-23;1-21-12-14-24-17-28-26(27(24)16-21)15-13-22(2)31(28)30-18-25(19-32(3,4)5)29(20-33(30)6)23-10-8-7-9-11-23;1-18-14-19(2)28(25-15-22-12-8-9-13-23(22)27(18)25)26-16-24(20(3)17-29(26)4)21-10-6-5-7-11-21/h7-17,20H,18-19H2,1-6H3;2*7-16,18,20H,17,19H2,1-6H3;8-9,12-14,16-17,21H,5-7,10-11,15H2,1-4H3/q4*+1. The summed E-state index contributed by atoms with van der Waals surface area (Å²) in [5.74, 6) is 0.736. The van der Waals surface area contributed by atoms with Gasteiger partial charge in [-0.05, 0) is 304 Å². The highest BCUT2D eigenvalue weighted by molar-refractivity contribution is 5.91. The number of hydrogen-bond donors (Lipinski definition) is 0. The quantitative estimate of drug-likeness (QED) is 0.115. The number of rotatable bonds is 11. The van der Waals surface area contributed by atoms with Gasteiger partial charge in [-0.3, -0.25) is 0 Å². The first kappa shape index (κ1) is 88.1. The van der Waals surface area contributed by atoms with Crippen LogP contribution in [0.1, 0.15) is 217 Å². The van der Waals surface area contributed by atoms with E-state index in [9.17, 15) is 0 Å². The normalized spacial score (nSPS) is 13.3. The second-order valence-electron chi connectivity index (χ2n) is 42.1. The zero-order chi connectivity index (χ0) is 90.1. The summed E-state index contributed by atoms with van der Waals surface area (Å²) in [4.78, 5) is 0. The van der Waals surface area contributed by atoms with Crippen LogP contribution < -0.4 is 18.3 Å². The summed E-state index contributed by atoms with van der Waals surface area (Å²) in [5.41, 5.74) is 60.8. The lowest BCUT2D eigenvalue weighted by Gasteiger charge is -2.24. The maximum Gasteiger partial charge on any atom is 0.213 e. The number of nitrogens with zero attached hydrogens (tertiary/aromatic N) is 4. The third-order valence-corrected chi connectivity index (χ3v) is 28.0. The molecule has 5 aliphatic carbocycles. The molecule has 4 heteroatoms. The third-order valence-electron chi connectivity index (χ3n) is 28.0. The molecule has 0 amide bonds. The molecule has 11 aromatic carbocycles. The highest BCUT2D eigenvalue weighted by atomic mass is 14.9. The average molecular weight is 1680 g/mol. The first-order valence-electron chi connectivity index (χ1n) is 47.3. The second kappa shape index (κ2) is 35.6. The number of hydrogen-bond acceptors (Lipinski definition) is 0. The summed E-state index contributed by atoms with van der Waals surface area (Å²) < 4.78 is 9.38. The SMILES string of the molecule is Cc1c[n+](C)c(-c2c(C)cc(C)c3c2Cc2ccccc2-3)cc1C1CCCCC1.Cc1ccc2c(c1)-c1ccc(C)c(-c3cc(CC(C)(C)C)c(-c4ccccc4)c[n+]3C)c1C2.Cc1ccc2c(c1)Cc1c-2ccc(C)c1-c1cc(CC(C)(C)C)c(-c2ccccc2)c[n+]1C.Cc1cccc2c1Cc1c-2ccc(C)c1-c1cc(CC(C)(C)C)c(-c2ccccc2)c[n+]1C. The number of benzene rings is 11. The van der Waals surface area contributed by atoms with E-state index >= 15 is 0 Å². The van der Waals surface area contributed by atoms with Crippen LogP contribution in [0.5, 0.6) is 0 Å². The van der Waals surface area contributed by atoms with Crippen molar-refractivity contribution in [1.82, 2.24) is 0 Å². The van der Waals surface area contributed by atoms with Gasteiger partial charge in [0.1, 0.15) is 28.2 Å². The Kier molecular flexibility index (Phi) is 24.5. The van der Waals surface area contributed by atoms with E-state index in [1.165, 1.54) is 266 Å². The van der Waals surface area contributed by atoms with Crippen molar-refractivity contribution in [2.45, 2.75) is 208 Å². The van der Waals surface area contributed by atoms with Gasteiger partial charge in [0, 0.05) is 46.5 Å². The largest absolute Gasteiger partial charge is 0.213 e. The average Bonchev–Trinajstić information content (AvgIpc) is 1.57. The molecule has 0 aliphatic heterocycles. The maximum absolute atomic E-state index is 2.53. The van der Waals surface area contributed by atoms with Gasteiger partial charge >= 0.3 is 0 Å². The van der Waals surface area contributed by atoms with Crippen molar-refractivity contribution < 1.29 is 18.3 Å². The van der Waals surface area contributed by atoms with Gasteiger partial charge < -0.3 is 0 Å². The third kappa shape index (κ3) is 17.9. The van der Waals surface area contributed by atoms with Crippen molar-refractivity contribution in [3.63, 3.8) is 0 Å². The summed E-state index contributed by atoms with van der Waals surface area (Å²) in [5, 5.41) is 0. The fraction of sp³-hybridized carbons (Fsp3) is 0.306. The summed E-state index contributed by atoms with van der Waals surface area (Å²) in [7, 11) is 8.83. The van der Waals surface area contributed by atoms with E-state index in [0.29, 0.717) is 0 Å². The fourth-order valence-electron chi connectivity index (χ4n) is 22.2. The first-order valence-corrected chi connectivity index (χ1v) is 47.3. The van der Waals surface area contributed by atoms with E-state index in [1.807, 2.05) is 0 Å². The van der Waals surface area contributed by atoms with Crippen LogP contribution in [0.15, 0.2) is 261 Å². The number of aryl methyl sites for hydroxylation is 13. The van der Waals surface area contributed by atoms with Crippen molar-refractivity contribution in [2.24, 2.45) is 44.4 Å². The molecule has 4 nitrogen and oxygen atoms in total. The lowest BCUT2D eigenvalue weighted by Crippen LogP contribution is -2.32. The van der Waals surface area contributed by atoms with Crippen molar-refractivity contribution >= 4 is 0 Å². The van der Waals surface area contributed by atoms with Gasteiger partial charge in [0.05, 0.1) is 22.3 Å². The van der Waals surface area contributed by atoms with E-state index in [4.69, 9.17) is 0 Å². The lowest BCUT2D eigenvalue weighted by molar-refractivity contribution is -0.660. The molecule has 646 valence electrons. The zero-order valence-corrected chi connectivity index (χ0v) is 80.7. The van der Waals surface area contributed by atoms with E-state index < -0.39 is 0 Å². The molecule has 4 heterocycles. The van der Waals surface area contributed by atoms with Gasteiger partial charge in [-0.2, -0.15) is 0 Å². The van der Waals surface area contributed by atoms with Gasteiger partial charge in [-0.25, -0.2) is 18.3 Å². The summed E-state index contributed by atoms with van der Waals surface area (Å²) >= 11 is 0. The van der Waals surface area contributed by atoms with Crippen LogP contribution in [-0.2, 0) is 73.1 Å². The number of aromatic nitrogens is 4. The molecular weight excluding hydrogens is 1550 g/mol. The molecule has 0 radical (unpaired) electrons. The minimum Gasteiger partial charge on any atom is -0.201 e. The Balaban J connectivity index is 0.000000120. The molecule has 5 aliphatic rings. The Hall–Kier alpha value is -12.0. The van der Waals surface area contributed by atoms with E-state index in [0.717, 1.165) is 50.9 Å². The van der Waals surface area contributed by atoms with E-state index in [1.54, 1.807) is 5.56 Å². The minimum atomic E-state index is 0.210. The van der Waals surface area contributed by atoms with E-state index in [-0.39, 0.29) is 16.2 Å². The zero-order valence-electron chi connectivity index (χ0n) is 80.7. The predicted octanol–water partition coefficient (Wildman–Crippen LogP) is 29.6. The van der Waals surface area contributed by atoms with Crippen LogP contribution in [0, 0.1) is 78.6 Å². The van der Waals surface area contributed by atoms with Crippen molar-refractivity contribution in [3.8, 4) is 123 Å². The van der Waals surface area contributed by atoms with Crippen molar-refractivity contribution in [1.29, 1.82) is 0 Å². The van der Waals surface area contributed by atoms with E-state index in [2.05, 4.69) is 432 Å². The predicted molar refractivity (Wildman–Crippen MR) is 539 cm³/mol. The van der Waals surface area contributed by atoms with Crippen LogP contribution in [0.4, 0.5) is 0 Å². The molecular formula is C124H134N4+4. The van der Waals surface area contributed by atoms with Gasteiger partial charge in [-0.1, -0.05) is 305 Å². The first-order chi connectivity index (χ1) is 61.2. The number of pyridine rings is 4. The summed E-state index contributed by atoms with van der Waals surface area (Å²) in [6.07, 6.45) is 23.5. The minimum absolute atomic E-state index is 0.210. The Bertz CT molecular complexity index is 6790. The Morgan fingerprint density at radius 3 is 1.12 bits per heavy atom. The van der Waals surface area contributed by atoms with Crippen LogP contribution >= 0.6 is 0 Å². The van der Waals surface area contributed by atoms with Gasteiger partial charge in [0.2, 0.25) is 22.8 Å². The smallest absolute Gasteiger partial charge is 0.201 e. The molecule has 15 aromatic rings. The van der Waals surface area contributed by atoms with Crippen molar-refractivity contribution in [2.75, 3.05) is 0 Å². The highest BCUT2D eigenvalue weighted by Gasteiger charge is 2.36. The molecule has 20 rings (SSSR count). The monoisotopic (exact) mass is 1680 g/mol. The number of fused-ring (bicyclic) bond motifs is 12. The Morgan fingerprint density at radius 1 is 0.250 bits per heavy atom. The molecule has 0 N–H and O–H groups in total. The molecule has 0 spiro atoms. The van der Waals surface area contributed by atoms with Crippen LogP contribution in [-0.4, -0.2) is 0 Å². The van der Waals surface area contributed by atoms with Gasteiger partial charge in [-0.15, -0.1) is 0 Å². The second-order valence-corrected chi connectivity index (χ2v) is 42.1. The Labute approximate surface area is 766 Å². The molecule has 0 bridgehead atoms. The van der Waals surface area contributed by atoms with Gasteiger partial charge in [0.15, 0.2) is 24.8 Å². The molecule has 0 unspecified atom stereocenters. The van der Waals surface area contributed by atoms with Crippen LogP contribution in [0.3, 0.4) is 0 Å². The molecule has 128 heavy (non-hydrogen) atoms. The molecule has 0 saturated heterocycles. The molecule has 1 saturated carbocycles. The molecule has 4 aromatic heterocycles. The molecule has 1 fully saturated rings. The van der Waals surface area contributed by atoms with Crippen molar-refractivity contribution in [3.05, 3.63) is 378 Å².